The normalized spacial score (nSPS) is 24.3. The van der Waals surface area contributed by atoms with Crippen LogP contribution in [0.4, 0.5) is 0 Å². The first-order valence-electron chi connectivity index (χ1n) is 9.16. The molecule has 2 heterocycles. The SMILES string of the molecule is CC(C)(C)c1cc(O)c2c(c1)OC(C)(C)C1CC=C(c3nn[nH]n3)CC21. The summed E-state index contributed by atoms with van der Waals surface area (Å²) in [6, 6.07) is 3.99. The number of hydrogen-bond acceptors (Lipinski definition) is 5. The molecule has 6 nitrogen and oxygen atoms in total. The van der Waals surface area contributed by atoms with E-state index in [2.05, 4.69) is 67.4 Å². The van der Waals surface area contributed by atoms with Crippen LogP contribution in [0.5, 0.6) is 11.5 Å². The molecule has 1 aromatic heterocycles. The van der Waals surface area contributed by atoms with Crippen LogP contribution in [0.25, 0.3) is 5.57 Å². The molecule has 1 aromatic carbocycles. The van der Waals surface area contributed by atoms with Gasteiger partial charge in [0.25, 0.3) is 0 Å². The van der Waals surface area contributed by atoms with E-state index in [9.17, 15) is 5.11 Å². The molecule has 0 bridgehead atoms. The molecule has 1 aliphatic carbocycles. The Bertz CT molecular complexity index is 863. The summed E-state index contributed by atoms with van der Waals surface area (Å²) in [5.74, 6) is 2.22. The van der Waals surface area contributed by atoms with Crippen molar-refractivity contribution in [2.75, 3.05) is 0 Å². The second-order valence-corrected chi connectivity index (χ2v) is 8.98. The maximum Gasteiger partial charge on any atom is 0.200 e. The first-order chi connectivity index (χ1) is 12.2. The van der Waals surface area contributed by atoms with Gasteiger partial charge in [0.15, 0.2) is 5.82 Å². The first-order valence-corrected chi connectivity index (χ1v) is 9.16. The Hall–Kier alpha value is -2.37. The summed E-state index contributed by atoms with van der Waals surface area (Å²) in [7, 11) is 0. The average Bonchev–Trinajstić information content (AvgIpc) is 3.06. The van der Waals surface area contributed by atoms with Gasteiger partial charge in [0.05, 0.1) is 0 Å². The van der Waals surface area contributed by atoms with Gasteiger partial charge in [-0.15, -0.1) is 10.2 Å². The van der Waals surface area contributed by atoms with Crippen molar-refractivity contribution in [3.63, 3.8) is 0 Å². The summed E-state index contributed by atoms with van der Waals surface area (Å²) in [5, 5.41) is 25.3. The Morgan fingerprint density at radius 3 is 2.69 bits per heavy atom. The van der Waals surface area contributed by atoms with E-state index < -0.39 is 0 Å². The monoisotopic (exact) mass is 354 g/mol. The topological polar surface area (TPSA) is 83.9 Å². The minimum atomic E-state index is -0.306. The van der Waals surface area contributed by atoms with Crippen molar-refractivity contribution in [3.8, 4) is 11.5 Å². The van der Waals surface area contributed by atoms with Gasteiger partial charge in [-0.25, -0.2) is 0 Å². The highest BCUT2D eigenvalue weighted by molar-refractivity contribution is 5.64. The standard InChI is InChI=1S/C20H26N4O2/c1-19(2,3)12-9-15(25)17-13-8-11(18-21-23-24-22-18)6-7-14(13)20(4,5)26-16(17)10-12/h6,9-10,13-14,25H,7-8H2,1-5H3,(H,21,22,23,24). The predicted molar refractivity (Wildman–Crippen MR) is 99.1 cm³/mol. The predicted octanol–water partition coefficient (Wildman–Crippen LogP) is 3.95. The van der Waals surface area contributed by atoms with Crippen molar-refractivity contribution in [1.29, 1.82) is 0 Å². The molecule has 0 spiro atoms. The highest BCUT2D eigenvalue weighted by atomic mass is 16.5. The van der Waals surface area contributed by atoms with E-state index in [4.69, 9.17) is 4.74 Å². The Balaban J connectivity index is 1.81. The lowest BCUT2D eigenvalue weighted by Gasteiger charge is -2.47. The second kappa shape index (κ2) is 5.56. The number of fused-ring (bicyclic) bond motifs is 3. The zero-order valence-corrected chi connectivity index (χ0v) is 16.0. The van der Waals surface area contributed by atoms with Gasteiger partial charge in [-0.3, -0.25) is 0 Å². The van der Waals surface area contributed by atoms with Gasteiger partial charge in [0.2, 0.25) is 0 Å². The van der Waals surface area contributed by atoms with Gasteiger partial charge in [0, 0.05) is 17.4 Å². The van der Waals surface area contributed by atoms with Crippen LogP contribution in [-0.2, 0) is 5.41 Å². The summed E-state index contributed by atoms with van der Waals surface area (Å²) in [6.45, 7) is 10.7. The summed E-state index contributed by atoms with van der Waals surface area (Å²) in [6.07, 6.45) is 3.82. The Morgan fingerprint density at radius 1 is 1.27 bits per heavy atom. The average molecular weight is 354 g/mol. The molecule has 2 unspecified atom stereocenters. The lowest BCUT2D eigenvalue weighted by Crippen LogP contribution is -2.45. The lowest BCUT2D eigenvalue weighted by atomic mass is 9.66. The van der Waals surface area contributed by atoms with E-state index in [-0.39, 0.29) is 22.9 Å². The summed E-state index contributed by atoms with van der Waals surface area (Å²) in [4.78, 5) is 0. The molecule has 2 N–H and O–H groups in total. The van der Waals surface area contributed by atoms with Gasteiger partial charge >= 0.3 is 0 Å². The highest BCUT2D eigenvalue weighted by Gasteiger charge is 2.46. The molecule has 2 aliphatic rings. The number of nitrogens with zero attached hydrogens (tertiary/aromatic N) is 3. The maximum absolute atomic E-state index is 10.9. The van der Waals surface area contributed by atoms with Gasteiger partial charge in [0.1, 0.15) is 17.1 Å². The third kappa shape index (κ3) is 2.68. The van der Waals surface area contributed by atoms with E-state index in [1.54, 1.807) is 0 Å². The molecule has 6 heteroatoms. The van der Waals surface area contributed by atoms with E-state index in [0.717, 1.165) is 35.3 Å². The molecule has 0 radical (unpaired) electrons. The number of allylic oxidation sites excluding steroid dienone is 2. The fraction of sp³-hybridized carbons (Fsp3) is 0.550. The Labute approximate surface area is 153 Å². The molecule has 2 aromatic rings. The molecule has 0 saturated heterocycles. The molecule has 4 rings (SSSR count). The first kappa shape index (κ1) is 17.1. The van der Waals surface area contributed by atoms with Gasteiger partial charge < -0.3 is 9.84 Å². The van der Waals surface area contributed by atoms with E-state index in [0.29, 0.717) is 11.6 Å². The second-order valence-electron chi connectivity index (χ2n) is 8.98. The Morgan fingerprint density at radius 2 is 2.04 bits per heavy atom. The molecule has 1 aliphatic heterocycles. The van der Waals surface area contributed by atoms with Crippen molar-refractivity contribution in [2.45, 2.75) is 64.4 Å². The number of aromatic nitrogens is 4. The molecule has 26 heavy (non-hydrogen) atoms. The number of hydrogen-bond donors (Lipinski definition) is 2. The van der Waals surface area contributed by atoms with Crippen LogP contribution in [0.1, 0.15) is 70.3 Å². The van der Waals surface area contributed by atoms with Crippen LogP contribution >= 0.6 is 0 Å². The number of phenolic OH excluding ortho intramolecular Hbond substituents is 1. The summed E-state index contributed by atoms with van der Waals surface area (Å²) in [5.41, 5.74) is 2.70. The molecular weight excluding hydrogens is 328 g/mol. The van der Waals surface area contributed by atoms with Crippen LogP contribution in [0.2, 0.25) is 0 Å². The smallest absolute Gasteiger partial charge is 0.200 e. The van der Waals surface area contributed by atoms with Crippen molar-refractivity contribution < 1.29 is 9.84 Å². The van der Waals surface area contributed by atoms with Gasteiger partial charge in [-0.2, -0.15) is 5.21 Å². The number of ether oxygens (including phenoxy) is 1. The number of rotatable bonds is 1. The van der Waals surface area contributed by atoms with Crippen LogP contribution in [0.3, 0.4) is 0 Å². The summed E-state index contributed by atoms with van der Waals surface area (Å²) < 4.78 is 6.39. The molecule has 138 valence electrons. The number of benzene rings is 1. The lowest BCUT2D eigenvalue weighted by molar-refractivity contribution is 0.00908. The quantitative estimate of drug-likeness (QED) is 0.810. The molecular formula is C20H26N4O2. The van der Waals surface area contributed by atoms with Gasteiger partial charge in [-0.1, -0.05) is 26.8 Å². The zero-order valence-electron chi connectivity index (χ0n) is 16.0. The third-order valence-electron chi connectivity index (χ3n) is 5.80. The van der Waals surface area contributed by atoms with Gasteiger partial charge in [-0.05, 0) is 60.6 Å². The highest BCUT2D eigenvalue weighted by Crippen LogP contribution is 2.55. The summed E-state index contributed by atoms with van der Waals surface area (Å²) >= 11 is 0. The number of H-pyrrole nitrogens is 1. The number of phenols is 1. The minimum Gasteiger partial charge on any atom is -0.508 e. The molecule has 0 amide bonds. The van der Waals surface area contributed by atoms with Crippen molar-refractivity contribution in [2.24, 2.45) is 5.92 Å². The van der Waals surface area contributed by atoms with Crippen LogP contribution in [0, 0.1) is 5.92 Å². The number of tetrazole rings is 1. The zero-order chi connectivity index (χ0) is 18.7. The molecule has 2 atom stereocenters. The maximum atomic E-state index is 10.9. The fourth-order valence-corrected chi connectivity index (χ4v) is 4.31. The van der Waals surface area contributed by atoms with Crippen LogP contribution in [-0.4, -0.2) is 31.3 Å². The fourth-order valence-electron chi connectivity index (χ4n) is 4.31. The minimum absolute atomic E-state index is 0.0564. The Kier molecular flexibility index (Phi) is 3.65. The van der Waals surface area contributed by atoms with E-state index >= 15 is 0 Å². The largest absolute Gasteiger partial charge is 0.508 e. The van der Waals surface area contributed by atoms with Crippen LogP contribution < -0.4 is 4.74 Å². The van der Waals surface area contributed by atoms with Crippen LogP contribution in [0.15, 0.2) is 18.2 Å². The number of aromatic amines is 1. The van der Waals surface area contributed by atoms with Crippen molar-refractivity contribution in [3.05, 3.63) is 35.2 Å². The van der Waals surface area contributed by atoms with E-state index in [1.807, 2.05) is 6.07 Å². The number of nitrogens with one attached hydrogen (secondary N) is 1. The third-order valence-corrected chi connectivity index (χ3v) is 5.80. The number of aromatic hydroxyl groups is 1. The molecule has 0 saturated carbocycles. The van der Waals surface area contributed by atoms with Crippen molar-refractivity contribution >= 4 is 5.57 Å². The van der Waals surface area contributed by atoms with Crippen molar-refractivity contribution in [1.82, 2.24) is 20.6 Å². The van der Waals surface area contributed by atoms with E-state index in [1.165, 1.54) is 0 Å². The molecule has 0 fully saturated rings.